The Kier molecular flexibility index (Phi) is 49.1. The number of allylic oxidation sites excluding steroid dienone is 5. The van der Waals surface area contributed by atoms with Crippen LogP contribution in [-0.2, 0) is 14.3 Å². The minimum Gasteiger partial charge on any atom is -0.466 e. The Hall–Kier alpha value is -1.92. The van der Waals surface area contributed by atoms with Gasteiger partial charge in [0.25, 0.3) is 0 Å². The molecule has 61 heavy (non-hydrogen) atoms. The van der Waals surface area contributed by atoms with E-state index in [-0.39, 0.29) is 18.5 Å². The lowest BCUT2D eigenvalue weighted by Crippen LogP contribution is -2.45. The van der Waals surface area contributed by atoms with E-state index in [1.165, 1.54) is 193 Å². The monoisotopic (exact) mass is 858 g/mol. The third-order valence-electron chi connectivity index (χ3n) is 12.2. The SMILES string of the molecule is CCCCCCCCCCCC/C=C/C(O)C(CO)NC(=O)CC/C=C\C/C=C\CCCCCCCCOC(=O)CCCCCCCCCCCCCCCCCCCCC. The van der Waals surface area contributed by atoms with Gasteiger partial charge in [-0.3, -0.25) is 9.59 Å². The molecular formula is C55H103NO5. The minimum absolute atomic E-state index is 0.0144. The number of hydrogen-bond donors (Lipinski definition) is 3. The molecule has 0 radical (unpaired) electrons. The van der Waals surface area contributed by atoms with E-state index in [2.05, 4.69) is 37.4 Å². The quantitative estimate of drug-likeness (QED) is 0.0322. The van der Waals surface area contributed by atoms with Gasteiger partial charge in [-0.05, 0) is 51.4 Å². The van der Waals surface area contributed by atoms with Gasteiger partial charge in [0.05, 0.1) is 25.4 Å². The van der Waals surface area contributed by atoms with Crippen molar-refractivity contribution >= 4 is 11.9 Å². The zero-order chi connectivity index (χ0) is 44.4. The predicted octanol–water partition coefficient (Wildman–Crippen LogP) is 16.1. The second-order valence-corrected chi connectivity index (χ2v) is 18.2. The Morgan fingerprint density at radius 1 is 0.459 bits per heavy atom. The molecule has 0 aliphatic rings. The summed E-state index contributed by atoms with van der Waals surface area (Å²) < 4.78 is 5.47. The van der Waals surface area contributed by atoms with Crippen molar-refractivity contribution < 1.29 is 24.5 Å². The first-order valence-electron chi connectivity index (χ1n) is 26.8. The molecule has 6 heteroatoms. The molecule has 0 aromatic carbocycles. The molecule has 3 N–H and O–H groups in total. The molecule has 0 aromatic rings. The molecule has 358 valence electrons. The van der Waals surface area contributed by atoms with Crippen LogP contribution in [0.2, 0.25) is 0 Å². The highest BCUT2D eigenvalue weighted by Crippen LogP contribution is 2.16. The van der Waals surface area contributed by atoms with Crippen molar-refractivity contribution in [3.05, 3.63) is 36.5 Å². The molecule has 2 unspecified atom stereocenters. The molecule has 6 nitrogen and oxygen atoms in total. The van der Waals surface area contributed by atoms with Crippen LogP contribution in [0.15, 0.2) is 36.5 Å². The zero-order valence-electron chi connectivity index (χ0n) is 40.6. The third kappa shape index (κ3) is 47.4. The predicted molar refractivity (Wildman–Crippen MR) is 264 cm³/mol. The highest BCUT2D eigenvalue weighted by Gasteiger charge is 2.17. The van der Waals surface area contributed by atoms with E-state index >= 15 is 0 Å². The van der Waals surface area contributed by atoms with Gasteiger partial charge >= 0.3 is 5.97 Å². The van der Waals surface area contributed by atoms with Gasteiger partial charge in [0, 0.05) is 12.8 Å². The molecule has 0 rings (SSSR count). The van der Waals surface area contributed by atoms with Gasteiger partial charge in [-0.25, -0.2) is 0 Å². The number of unbranched alkanes of at least 4 members (excludes halogenated alkanes) is 34. The maximum atomic E-state index is 12.4. The zero-order valence-corrected chi connectivity index (χ0v) is 40.6. The average molecular weight is 858 g/mol. The summed E-state index contributed by atoms with van der Waals surface area (Å²) in [7, 11) is 0. The van der Waals surface area contributed by atoms with Crippen LogP contribution >= 0.6 is 0 Å². The number of ether oxygens (including phenoxy) is 1. The molecule has 0 fully saturated rings. The van der Waals surface area contributed by atoms with Crippen molar-refractivity contribution in [3.8, 4) is 0 Å². The smallest absolute Gasteiger partial charge is 0.305 e. The molecule has 0 heterocycles. The van der Waals surface area contributed by atoms with E-state index in [1.54, 1.807) is 6.08 Å². The molecule has 0 saturated carbocycles. The van der Waals surface area contributed by atoms with Crippen LogP contribution in [0.25, 0.3) is 0 Å². The van der Waals surface area contributed by atoms with Crippen LogP contribution < -0.4 is 5.32 Å². The number of carbonyl (C=O) groups excluding carboxylic acids is 2. The van der Waals surface area contributed by atoms with E-state index in [9.17, 15) is 19.8 Å². The second kappa shape index (κ2) is 50.7. The van der Waals surface area contributed by atoms with Gasteiger partial charge in [0.2, 0.25) is 5.91 Å². The van der Waals surface area contributed by atoms with Crippen molar-refractivity contribution in [1.29, 1.82) is 0 Å². The number of amides is 1. The van der Waals surface area contributed by atoms with Crippen LogP contribution in [0.5, 0.6) is 0 Å². The van der Waals surface area contributed by atoms with Gasteiger partial charge in [0.15, 0.2) is 0 Å². The molecule has 0 aliphatic carbocycles. The largest absolute Gasteiger partial charge is 0.466 e. The van der Waals surface area contributed by atoms with Gasteiger partial charge in [-0.2, -0.15) is 0 Å². The Balaban J connectivity index is 3.52. The number of esters is 1. The van der Waals surface area contributed by atoms with Crippen molar-refractivity contribution in [2.75, 3.05) is 13.2 Å². The third-order valence-corrected chi connectivity index (χ3v) is 12.2. The summed E-state index contributed by atoms with van der Waals surface area (Å²) >= 11 is 0. The topological polar surface area (TPSA) is 95.9 Å². The van der Waals surface area contributed by atoms with Crippen LogP contribution in [0.4, 0.5) is 0 Å². The number of carbonyl (C=O) groups is 2. The fraction of sp³-hybridized carbons (Fsp3) is 0.855. The Morgan fingerprint density at radius 2 is 0.836 bits per heavy atom. The Bertz CT molecular complexity index is 993. The Labute approximate surface area is 379 Å². The number of rotatable bonds is 49. The van der Waals surface area contributed by atoms with Crippen LogP contribution in [0.1, 0.15) is 277 Å². The number of aliphatic hydroxyl groups is 2. The molecule has 0 aromatic heterocycles. The number of hydrogen-bond acceptors (Lipinski definition) is 5. The average Bonchev–Trinajstić information content (AvgIpc) is 3.26. The second-order valence-electron chi connectivity index (χ2n) is 18.2. The summed E-state index contributed by atoms with van der Waals surface area (Å²) in [6, 6.07) is -0.670. The summed E-state index contributed by atoms with van der Waals surface area (Å²) in [5.41, 5.74) is 0. The van der Waals surface area contributed by atoms with Gasteiger partial charge in [-0.15, -0.1) is 0 Å². The summed E-state index contributed by atoms with van der Waals surface area (Å²) in [6.07, 6.45) is 61.7. The highest BCUT2D eigenvalue weighted by atomic mass is 16.5. The van der Waals surface area contributed by atoms with Crippen LogP contribution in [0.3, 0.4) is 0 Å². The molecule has 0 spiro atoms. The first kappa shape index (κ1) is 59.1. The molecule has 0 aliphatic heterocycles. The summed E-state index contributed by atoms with van der Waals surface area (Å²) in [6.45, 7) is 4.83. The van der Waals surface area contributed by atoms with E-state index in [0.29, 0.717) is 25.9 Å². The van der Waals surface area contributed by atoms with Gasteiger partial charge in [0.1, 0.15) is 0 Å². The molecule has 1 amide bonds. The van der Waals surface area contributed by atoms with Gasteiger partial charge < -0.3 is 20.3 Å². The van der Waals surface area contributed by atoms with Crippen molar-refractivity contribution in [2.45, 2.75) is 289 Å². The van der Waals surface area contributed by atoms with Crippen molar-refractivity contribution in [1.82, 2.24) is 5.32 Å². The molecular weight excluding hydrogens is 755 g/mol. The number of aliphatic hydroxyl groups excluding tert-OH is 2. The highest BCUT2D eigenvalue weighted by molar-refractivity contribution is 5.76. The lowest BCUT2D eigenvalue weighted by Gasteiger charge is -2.19. The van der Waals surface area contributed by atoms with Gasteiger partial charge in [-0.1, -0.05) is 249 Å². The summed E-state index contributed by atoms with van der Waals surface area (Å²) in [5, 5.41) is 22.9. The van der Waals surface area contributed by atoms with Crippen molar-refractivity contribution in [2.24, 2.45) is 0 Å². The fourth-order valence-corrected chi connectivity index (χ4v) is 8.04. The normalized spacial score (nSPS) is 12.9. The summed E-state index contributed by atoms with van der Waals surface area (Å²) in [4.78, 5) is 24.4. The standard InChI is InChI=1S/C55H103NO5/c1-3-5-7-9-11-13-15-17-18-19-20-21-22-25-29-33-37-41-45-49-55(60)61-50-46-42-38-34-30-26-23-24-28-32-36-40-44-48-54(59)56-52(51-57)53(58)47-43-39-35-31-27-16-14-12-10-8-6-4-2/h24,28,36,40,43,47,52-53,57-58H,3-23,25-27,29-35,37-39,41-42,44-46,48-51H2,1-2H3,(H,56,59)/b28-24-,40-36-,47-43+. The van der Waals surface area contributed by atoms with E-state index in [1.807, 2.05) is 12.2 Å². The molecule has 0 saturated heterocycles. The fourth-order valence-electron chi connectivity index (χ4n) is 8.04. The lowest BCUT2D eigenvalue weighted by atomic mass is 10.0. The van der Waals surface area contributed by atoms with E-state index in [0.717, 1.165) is 51.4 Å². The van der Waals surface area contributed by atoms with Crippen LogP contribution in [-0.4, -0.2) is 47.4 Å². The van der Waals surface area contributed by atoms with Crippen LogP contribution in [0, 0.1) is 0 Å². The lowest BCUT2D eigenvalue weighted by molar-refractivity contribution is -0.143. The number of nitrogens with one attached hydrogen (secondary N) is 1. The first-order chi connectivity index (χ1) is 30.0. The molecule has 2 atom stereocenters. The minimum atomic E-state index is -0.878. The van der Waals surface area contributed by atoms with E-state index < -0.39 is 12.1 Å². The maximum absolute atomic E-state index is 12.4. The van der Waals surface area contributed by atoms with E-state index in [4.69, 9.17) is 4.74 Å². The maximum Gasteiger partial charge on any atom is 0.305 e. The Morgan fingerprint density at radius 3 is 1.28 bits per heavy atom. The first-order valence-corrected chi connectivity index (χ1v) is 26.8. The van der Waals surface area contributed by atoms with Crippen molar-refractivity contribution in [3.63, 3.8) is 0 Å². The molecule has 0 bridgehead atoms. The summed E-state index contributed by atoms with van der Waals surface area (Å²) in [5.74, 6) is -0.164.